The molecule has 1 heterocycles. The molecule has 0 amide bonds. The first kappa shape index (κ1) is 13.8. The molecule has 1 aliphatic rings. The van der Waals surface area contributed by atoms with Crippen LogP contribution in [0.1, 0.15) is 31.1 Å². The SMILES string of the molecule is CS(=O)(=O)CCCSc1nnc(CN)n1C1CC1. The molecule has 102 valence electrons. The third kappa shape index (κ3) is 3.69. The molecule has 0 bridgehead atoms. The molecular formula is C10H18N4O2S2. The number of aromatic nitrogens is 3. The van der Waals surface area contributed by atoms with E-state index in [2.05, 4.69) is 14.8 Å². The maximum Gasteiger partial charge on any atom is 0.191 e. The Balaban J connectivity index is 1.91. The zero-order chi connectivity index (χ0) is 13.2. The van der Waals surface area contributed by atoms with Crippen LogP contribution in [-0.4, -0.2) is 40.9 Å². The third-order valence-corrected chi connectivity index (χ3v) is 4.78. The highest BCUT2D eigenvalue weighted by Gasteiger charge is 2.29. The lowest BCUT2D eigenvalue weighted by Crippen LogP contribution is -2.08. The fourth-order valence-corrected chi connectivity index (χ4v) is 3.54. The van der Waals surface area contributed by atoms with Gasteiger partial charge in [0.2, 0.25) is 0 Å². The van der Waals surface area contributed by atoms with Crippen LogP contribution in [0.4, 0.5) is 0 Å². The van der Waals surface area contributed by atoms with Crippen LogP contribution in [0.3, 0.4) is 0 Å². The number of nitrogens with zero attached hydrogens (tertiary/aromatic N) is 3. The molecule has 0 aromatic carbocycles. The summed E-state index contributed by atoms with van der Waals surface area (Å²) in [6, 6.07) is 0.496. The van der Waals surface area contributed by atoms with Crippen molar-refractivity contribution >= 4 is 21.6 Å². The van der Waals surface area contributed by atoms with Crippen LogP contribution in [0.25, 0.3) is 0 Å². The summed E-state index contributed by atoms with van der Waals surface area (Å²) in [5.74, 6) is 1.78. The molecule has 0 radical (unpaired) electrons. The van der Waals surface area contributed by atoms with E-state index in [9.17, 15) is 8.42 Å². The van der Waals surface area contributed by atoms with Gasteiger partial charge in [0, 0.05) is 18.1 Å². The lowest BCUT2D eigenvalue weighted by atomic mass is 10.5. The minimum absolute atomic E-state index is 0.224. The van der Waals surface area contributed by atoms with Crippen LogP contribution >= 0.6 is 11.8 Å². The molecule has 8 heteroatoms. The van der Waals surface area contributed by atoms with Crippen molar-refractivity contribution in [3.05, 3.63) is 5.82 Å². The Morgan fingerprint density at radius 3 is 2.72 bits per heavy atom. The van der Waals surface area contributed by atoms with E-state index in [1.54, 1.807) is 11.8 Å². The predicted octanol–water partition coefficient (Wildman–Crippen LogP) is 0.599. The monoisotopic (exact) mass is 290 g/mol. The van der Waals surface area contributed by atoms with E-state index in [1.165, 1.54) is 6.26 Å². The van der Waals surface area contributed by atoms with E-state index in [4.69, 9.17) is 5.73 Å². The smallest absolute Gasteiger partial charge is 0.191 e. The van der Waals surface area contributed by atoms with E-state index >= 15 is 0 Å². The average Bonchev–Trinajstić information content (AvgIpc) is 3.04. The summed E-state index contributed by atoms with van der Waals surface area (Å²) < 4.78 is 24.1. The van der Waals surface area contributed by atoms with Gasteiger partial charge in [0.05, 0.1) is 12.3 Å². The summed E-state index contributed by atoms with van der Waals surface area (Å²) in [6.07, 6.45) is 4.21. The normalized spacial score (nSPS) is 16.1. The van der Waals surface area contributed by atoms with Crippen molar-refractivity contribution in [2.45, 2.75) is 37.0 Å². The molecule has 18 heavy (non-hydrogen) atoms. The number of hydrogen-bond donors (Lipinski definition) is 1. The second kappa shape index (κ2) is 5.58. The van der Waals surface area contributed by atoms with Crippen LogP contribution in [0.15, 0.2) is 5.16 Å². The average molecular weight is 290 g/mol. The molecule has 0 atom stereocenters. The van der Waals surface area contributed by atoms with Crippen LogP contribution in [0, 0.1) is 0 Å². The van der Waals surface area contributed by atoms with Crippen molar-refractivity contribution in [3.63, 3.8) is 0 Å². The van der Waals surface area contributed by atoms with Gasteiger partial charge in [0.15, 0.2) is 5.16 Å². The molecule has 2 N–H and O–H groups in total. The molecule has 1 aromatic rings. The Kier molecular flexibility index (Phi) is 4.29. The lowest BCUT2D eigenvalue weighted by molar-refractivity contribution is 0.600. The highest BCUT2D eigenvalue weighted by molar-refractivity contribution is 7.99. The Morgan fingerprint density at radius 1 is 1.44 bits per heavy atom. The Hall–Kier alpha value is -0.600. The molecule has 1 saturated carbocycles. The van der Waals surface area contributed by atoms with E-state index < -0.39 is 9.84 Å². The minimum Gasteiger partial charge on any atom is -0.324 e. The summed E-state index contributed by atoms with van der Waals surface area (Å²) in [4.78, 5) is 0. The van der Waals surface area contributed by atoms with Gasteiger partial charge in [-0.05, 0) is 19.3 Å². The van der Waals surface area contributed by atoms with Crippen LogP contribution in [0.5, 0.6) is 0 Å². The zero-order valence-corrected chi connectivity index (χ0v) is 12.0. The van der Waals surface area contributed by atoms with Gasteiger partial charge in [0.1, 0.15) is 15.7 Å². The molecule has 0 spiro atoms. The summed E-state index contributed by atoms with van der Waals surface area (Å²) in [5, 5.41) is 9.07. The van der Waals surface area contributed by atoms with Crippen LogP contribution in [0.2, 0.25) is 0 Å². The highest BCUT2D eigenvalue weighted by atomic mass is 32.2. The summed E-state index contributed by atoms with van der Waals surface area (Å²) in [7, 11) is -2.87. The van der Waals surface area contributed by atoms with E-state index in [0.29, 0.717) is 19.0 Å². The largest absolute Gasteiger partial charge is 0.324 e. The van der Waals surface area contributed by atoms with Crippen molar-refractivity contribution in [3.8, 4) is 0 Å². The van der Waals surface area contributed by atoms with Crippen molar-refractivity contribution in [2.75, 3.05) is 17.8 Å². The standard InChI is InChI=1S/C10H18N4O2S2/c1-18(15,16)6-2-5-17-10-13-12-9(7-11)14(10)8-3-4-8/h8H,2-7,11H2,1H3. The van der Waals surface area contributed by atoms with Gasteiger partial charge in [-0.1, -0.05) is 11.8 Å². The van der Waals surface area contributed by atoms with Gasteiger partial charge in [-0.3, -0.25) is 0 Å². The summed E-state index contributed by atoms with van der Waals surface area (Å²) in [5.41, 5.74) is 5.63. The third-order valence-electron chi connectivity index (χ3n) is 2.72. The number of nitrogens with two attached hydrogens (primary N) is 1. The van der Waals surface area contributed by atoms with E-state index in [0.717, 1.165) is 29.6 Å². The fraction of sp³-hybridized carbons (Fsp3) is 0.800. The first-order valence-electron chi connectivity index (χ1n) is 5.95. The van der Waals surface area contributed by atoms with Gasteiger partial charge in [-0.15, -0.1) is 10.2 Å². The van der Waals surface area contributed by atoms with Gasteiger partial charge >= 0.3 is 0 Å². The molecule has 1 aliphatic carbocycles. The molecule has 1 aromatic heterocycles. The lowest BCUT2D eigenvalue weighted by Gasteiger charge is -2.06. The highest BCUT2D eigenvalue weighted by Crippen LogP contribution is 2.38. The zero-order valence-electron chi connectivity index (χ0n) is 10.4. The number of thioether (sulfide) groups is 1. The van der Waals surface area contributed by atoms with Crippen molar-refractivity contribution in [1.29, 1.82) is 0 Å². The number of hydrogen-bond acceptors (Lipinski definition) is 6. The van der Waals surface area contributed by atoms with Crippen molar-refractivity contribution in [2.24, 2.45) is 5.73 Å². The van der Waals surface area contributed by atoms with E-state index in [-0.39, 0.29) is 5.75 Å². The topological polar surface area (TPSA) is 90.9 Å². The minimum atomic E-state index is -2.87. The van der Waals surface area contributed by atoms with Crippen LogP contribution in [-0.2, 0) is 16.4 Å². The maximum absolute atomic E-state index is 11.0. The van der Waals surface area contributed by atoms with E-state index in [1.807, 2.05) is 0 Å². The fourth-order valence-electron chi connectivity index (χ4n) is 1.73. The number of rotatable bonds is 7. The summed E-state index contributed by atoms with van der Waals surface area (Å²) >= 11 is 1.56. The molecule has 2 rings (SSSR count). The van der Waals surface area contributed by atoms with Gasteiger partial charge in [-0.25, -0.2) is 8.42 Å². The summed E-state index contributed by atoms with van der Waals surface area (Å²) in [6.45, 7) is 0.396. The molecule has 1 fully saturated rings. The van der Waals surface area contributed by atoms with Crippen molar-refractivity contribution in [1.82, 2.24) is 14.8 Å². The van der Waals surface area contributed by atoms with Crippen LogP contribution < -0.4 is 5.73 Å². The first-order valence-corrected chi connectivity index (χ1v) is 9.00. The van der Waals surface area contributed by atoms with Gasteiger partial charge < -0.3 is 10.3 Å². The molecule has 0 aliphatic heterocycles. The molecule has 6 nitrogen and oxygen atoms in total. The Morgan fingerprint density at radius 2 is 2.17 bits per heavy atom. The second-order valence-corrected chi connectivity index (χ2v) is 7.86. The Bertz CT molecular complexity index is 508. The Labute approximate surface area is 111 Å². The quantitative estimate of drug-likeness (QED) is 0.584. The molecular weight excluding hydrogens is 272 g/mol. The maximum atomic E-state index is 11.0. The first-order chi connectivity index (χ1) is 8.51. The predicted molar refractivity (Wildman–Crippen MR) is 71.2 cm³/mol. The number of sulfone groups is 1. The van der Waals surface area contributed by atoms with Crippen molar-refractivity contribution < 1.29 is 8.42 Å². The molecule has 0 saturated heterocycles. The van der Waals surface area contributed by atoms with Gasteiger partial charge in [0.25, 0.3) is 0 Å². The van der Waals surface area contributed by atoms with Gasteiger partial charge in [-0.2, -0.15) is 0 Å². The molecule has 0 unspecified atom stereocenters. The second-order valence-electron chi connectivity index (χ2n) is 4.54.